The summed E-state index contributed by atoms with van der Waals surface area (Å²) in [7, 11) is -4.31. The van der Waals surface area contributed by atoms with Crippen LogP contribution in [0.4, 0.5) is 11.4 Å². The molecule has 11 heteroatoms. The molecule has 1 N–H and O–H groups in total. The molecule has 0 aliphatic heterocycles. The third-order valence-electron chi connectivity index (χ3n) is 6.35. The van der Waals surface area contributed by atoms with Crippen LogP contribution in [0.1, 0.15) is 38.7 Å². The summed E-state index contributed by atoms with van der Waals surface area (Å²) >= 11 is 0. The van der Waals surface area contributed by atoms with E-state index in [1.807, 2.05) is 37.3 Å². The number of anilines is 1. The second-order valence-electron chi connectivity index (χ2n) is 9.18. The molecule has 40 heavy (non-hydrogen) atoms. The van der Waals surface area contributed by atoms with E-state index in [1.54, 1.807) is 25.1 Å². The van der Waals surface area contributed by atoms with Gasteiger partial charge in [-0.1, -0.05) is 74.9 Å². The van der Waals surface area contributed by atoms with Crippen molar-refractivity contribution in [2.24, 2.45) is 0 Å². The minimum atomic E-state index is -4.31. The van der Waals surface area contributed by atoms with Gasteiger partial charge in [0, 0.05) is 25.2 Å². The number of nitro benzene ring substituents is 1. The van der Waals surface area contributed by atoms with Gasteiger partial charge in [0.15, 0.2) is 0 Å². The first-order chi connectivity index (χ1) is 19.2. The van der Waals surface area contributed by atoms with Gasteiger partial charge in [0.25, 0.3) is 15.7 Å². The summed E-state index contributed by atoms with van der Waals surface area (Å²) in [6.07, 6.45) is 1.97. The Hall–Kier alpha value is -4.25. The quantitative estimate of drug-likeness (QED) is 0.174. The monoisotopic (exact) mass is 566 g/mol. The highest BCUT2D eigenvalue weighted by molar-refractivity contribution is 7.92. The Kier molecular flexibility index (Phi) is 10.8. The van der Waals surface area contributed by atoms with E-state index in [0.717, 1.165) is 28.8 Å². The largest absolute Gasteiger partial charge is 0.354 e. The van der Waals surface area contributed by atoms with Gasteiger partial charge < -0.3 is 10.2 Å². The third-order valence-corrected chi connectivity index (χ3v) is 8.14. The molecule has 1 unspecified atom stereocenters. The van der Waals surface area contributed by atoms with Crippen LogP contribution in [0.5, 0.6) is 0 Å². The van der Waals surface area contributed by atoms with Crippen molar-refractivity contribution < 1.29 is 22.9 Å². The number of non-ortho nitro benzene ring substituents is 1. The first-order valence-corrected chi connectivity index (χ1v) is 14.6. The molecule has 0 spiro atoms. The molecule has 212 valence electrons. The second-order valence-corrected chi connectivity index (χ2v) is 11.0. The van der Waals surface area contributed by atoms with Crippen molar-refractivity contribution in [2.75, 3.05) is 17.4 Å². The Labute approximate surface area is 234 Å². The lowest BCUT2D eigenvalue weighted by Gasteiger charge is -2.33. The number of carbonyl (C=O) groups is 2. The topological polar surface area (TPSA) is 130 Å². The van der Waals surface area contributed by atoms with Gasteiger partial charge in [0.2, 0.25) is 11.8 Å². The third kappa shape index (κ3) is 7.66. The maximum atomic E-state index is 14.0. The number of benzene rings is 3. The van der Waals surface area contributed by atoms with E-state index < -0.39 is 33.4 Å². The fraction of sp³-hybridized carbons (Fsp3) is 0.310. The molecule has 1 atom stereocenters. The van der Waals surface area contributed by atoms with Crippen molar-refractivity contribution in [3.63, 3.8) is 0 Å². The van der Waals surface area contributed by atoms with E-state index in [1.165, 1.54) is 35.2 Å². The van der Waals surface area contributed by atoms with Gasteiger partial charge in [0.05, 0.1) is 15.5 Å². The van der Waals surface area contributed by atoms with Crippen molar-refractivity contribution in [3.05, 3.63) is 101 Å². The average molecular weight is 567 g/mol. The first-order valence-electron chi connectivity index (χ1n) is 13.1. The van der Waals surface area contributed by atoms with E-state index >= 15 is 0 Å². The predicted molar refractivity (Wildman–Crippen MR) is 153 cm³/mol. The Balaban J connectivity index is 2.05. The zero-order valence-electron chi connectivity index (χ0n) is 22.6. The van der Waals surface area contributed by atoms with Crippen LogP contribution in [0, 0.1) is 10.1 Å². The molecule has 0 aliphatic rings. The Morgan fingerprint density at radius 1 is 0.950 bits per heavy atom. The van der Waals surface area contributed by atoms with Crippen LogP contribution >= 0.6 is 0 Å². The molecule has 3 aromatic carbocycles. The standard InChI is InChI=1S/C29H34N4O6S/c1-3-5-19-30-29(35)27(4-2)31(21-23-13-8-6-9-14-23)28(34)22-32(24-15-12-16-25(20-24)33(36)37)40(38,39)26-17-10-7-11-18-26/h6-18,20,27H,3-5,19,21-22H2,1-2H3,(H,30,35). The van der Waals surface area contributed by atoms with Gasteiger partial charge in [-0.2, -0.15) is 0 Å². The van der Waals surface area contributed by atoms with Crippen LogP contribution < -0.4 is 9.62 Å². The van der Waals surface area contributed by atoms with E-state index in [2.05, 4.69) is 5.32 Å². The minimum absolute atomic E-state index is 0.0356. The van der Waals surface area contributed by atoms with Gasteiger partial charge in [-0.05, 0) is 36.6 Å². The number of unbranched alkanes of at least 4 members (excludes halogenated alkanes) is 1. The first kappa shape index (κ1) is 30.3. The summed E-state index contributed by atoms with van der Waals surface area (Å²) < 4.78 is 28.4. The van der Waals surface area contributed by atoms with E-state index in [-0.39, 0.29) is 28.7 Å². The predicted octanol–water partition coefficient (Wildman–Crippen LogP) is 4.51. The smallest absolute Gasteiger partial charge is 0.271 e. The Morgan fingerprint density at radius 3 is 2.20 bits per heavy atom. The van der Waals surface area contributed by atoms with Gasteiger partial charge in [-0.15, -0.1) is 0 Å². The lowest BCUT2D eigenvalue weighted by molar-refractivity contribution is -0.384. The zero-order chi connectivity index (χ0) is 29.1. The fourth-order valence-electron chi connectivity index (χ4n) is 4.22. The number of amides is 2. The molecular formula is C29H34N4O6S. The summed E-state index contributed by atoms with van der Waals surface area (Å²) in [5.41, 5.74) is 0.413. The Bertz CT molecular complexity index is 1400. The highest BCUT2D eigenvalue weighted by Crippen LogP contribution is 2.27. The molecule has 0 fully saturated rings. The number of carbonyl (C=O) groups excluding carboxylic acids is 2. The number of sulfonamides is 1. The summed E-state index contributed by atoms with van der Waals surface area (Å²) in [5.74, 6) is -0.944. The van der Waals surface area contributed by atoms with E-state index in [9.17, 15) is 28.1 Å². The molecular weight excluding hydrogens is 532 g/mol. The Morgan fingerprint density at radius 2 is 1.60 bits per heavy atom. The summed E-state index contributed by atoms with van der Waals surface area (Å²) in [6.45, 7) is 3.66. The van der Waals surface area contributed by atoms with Crippen LogP contribution in [0.15, 0.2) is 89.8 Å². The average Bonchev–Trinajstić information content (AvgIpc) is 2.96. The number of hydrogen-bond donors (Lipinski definition) is 1. The number of nitro groups is 1. The summed E-state index contributed by atoms with van der Waals surface area (Å²) in [5, 5.41) is 14.3. The van der Waals surface area contributed by atoms with Crippen LogP contribution in [-0.4, -0.2) is 49.2 Å². The van der Waals surface area contributed by atoms with E-state index in [4.69, 9.17) is 0 Å². The number of nitrogens with zero attached hydrogens (tertiary/aromatic N) is 3. The van der Waals surface area contributed by atoms with Crippen LogP contribution in [0.25, 0.3) is 0 Å². The van der Waals surface area contributed by atoms with Crippen molar-refractivity contribution in [1.82, 2.24) is 10.2 Å². The summed E-state index contributed by atoms with van der Waals surface area (Å²) in [4.78, 5) is 39.3. The molecule has 0 saturated carbocycles. The minimum Gasteiger partial charge on any atom is -0.354 e. The summed E-state index contributed by atoms with van der Waals surface area (Å²) in [6, 6.07) is 20.9. The van der Waals surface area contributed by atoms with Gasteiger partial charge in [-0.25, -0.2) is 8.42 Å². The van der Waals surface area contributed by atoms with Gasteiger partial charge in [-0.3, -0.25) is 24.0 Å². The van der Waals surface area contributed by atoms with Crippen molar-refractivity contribution >= 4 is 33.2 Å². The molecule has 0 saturated heterocycles. The van der Waals surface area contributed by atoms with Crippen LogP contribution in [-0.2, 0) is 26.2 Å². The highest BCUT2D eigenvalue weighted by atomic mass is 32.2. The van der Waals surface area contributed by atoms with Crippen molar-refractivity contribution in [1.29, 1.82) is 0 Å². The molecule has 2 amide bonds. The molecule has 0 aliphatic carbocycles. The van der Waals surface area contributed by atoms with Crippen LogP contribution in [0.2, 0.25) is 0 Å². The van der Waals surface area contributed by atoms with Gasteiger partial charge in [0.1, 0.15) is 12.6 Å². The molecule has 0 bridgehead atoms. The molecule has 0 heterocycles. The van der Waals surface area contributed by atoms with Crippen molar-refractivity contribution in [2.45, 2.75) is 50.6 Å². The molecule has 3 rings (SSSR count). The number of nitrogens with one attached hydrogen (secondary N) is 1. The second kappa shape index (κ2) is 14.2. The normalized spacial score (nSPS) is 11.8. The highest BCUT2D eigenvalue weighted by Gasteiger charge is 2.34. The van der Waals surface area contributed by atoms with Gasteiger partial charge >= 0.3 is 0 Å². The molecule has 0 radical (unpaired) electrons. The maximum absolute atomic E-state index is 14.0. The lowest BCUT2D eigenvalue weighted by atomic mass is 10.1. The number of hydrogen-bond acceptors (Lipinski definition) is 6. The maximum Gasteiger partial charge on any atom is 0.271 e. The SMILES string of the molecule is CCCCNC(=O)C(CC)N(Cc1ccccc1)C(=O)CN(c1cccc([N+](=O)[O-])c1)S(=O)(=O)c1ccccc1. The van der Waals surface area contributed by atoms with Crippen LogP contribution in [0.3, 0.4) is 0 Å². The number of rotatable bonds is 14. The molecule has 10 nitrogen and oxygen atoms in total. The fourth-order valence-corrected chi connectivity index (χ4v) is 5.64. The lowest BCUT2D eigenvalue weighted by Crippen LogP contribution is -2.52. The van der Waals surface area contributed by atoms with Crippen molar-refractivity contribution in [3.8, 4) is 0 Å². The zero-order valence-corrected chi connectivity index (χ0v) is 23.4. The van der Waals surface area contributed by atoms with E-state index in [0.29, 0.717) is 13.0 Å². The molecule has 0 aromatic heterocycles. The molecule has 3 aromatic rings.